The van der Waals surface area contributed by atoms with Gasteiger partial charge in [0, 0.05) is 10.8 Å². The molecule has 0 saturated heterocycles. The molecule has 5 nitrogen and oxygen atoms in total. The van der Waals surface area contributed by atoms with E-state index in [4.69, 9.17) is 11.6 Å². The van der Waals surface area contributed by atoms with Crippen LogP contribution in [-0.4, -0.2) is 14.9 Å². The number of nitro benzene ring substituents is 1. The van der Waals surface area contributed by atoms with E-state index in [9.17, 15) is 10.1 Å². The molecule has 0 fully saturated rings. The van der Waals surface area contributed by atoms with Crippen molar-refractivity contribution in [1.82, 2.24) is 9.97 Å². The van der Waals surface area contributed by atoms with E-state index in [1.807, 2.05) is 6.07 Å². The summed E-state index contributed by atoms with van der Waals surface area (Å²) in [5.41, 5.74) is 0.584. The average Bonchev–Trinajstić information content (AvgIpc) is 2.69. The number of halogens is 1. The monoisotopic (exact) mass is 265 g/mol. The molecule has 0 bridgehead atoms. The fourth-order valence-corrected chi connectivity index (χ4v) is 3.03. The van der Waals surface area contributed by atoms with Gasteiger partial charge in [-0.25, -0.2) is 9.97 Å². The third-order valence-electron chi connectivity index (χ3n) is 2.41. The van der Waals surface area contributed by atoms with Gasteiger partial charge >= 0.3 is 0 Å². The van der Waals surface area contributed by atoms with E-state index in [1.54, 1.807) is 6.07 Å². The summed E-state index contributed by atoms with van der Waals surface area (Å²) in [4.78, 5) is 18.5. The molecule has 0 aliphatic carbocycles. The van der Waals surface area contributed by atoms with E-state index in [0.29, 0.717) is 20.8 Å². The number of thiophene rings is 1. The molecule has 2 heterocycles. The number of nitro groups is 1. The van der Waals surface area contributed by atoms with Crippen LogP contribution in [-0.2, 0) is 0 Å². The lowest BCUT2D eigenvalue weighted by Gasteiger charge is -1.94. The van der Waals surface area contributed by atoms with Gasteiger partial charge < -0.3 is 0 Å². The Morgan fingerprint density at radius 2 is 2.18 bits per heavy atom. The first-order valence-corrected chi connectivity index (χ1v) is 5.84. The third kappa shape index (κ3) is 1.45. The molecule has 0 amide bonds. The maximum Gasteiger partial charge on any atom is 0.280 e. The fourth-order valence-electron chi connectivity index (χ4n) is 1.73. The normalized spacial score (nSPS) is 11.1. The summed E-state index contributed by atoms with van der Waals surface area (Å²) in [6.07, 6.45) is 1.31. The number of hydrogen-bond acceptors (Lipinski definition) is 5. The van der Waals surface area contributed by atoms with Gasteiger partial charge in [-0.05, 0) is 6.07 Å². The molecule has 0 spiro atoms. The quantitative estimate of drug-likeness (QED) is 0.384. The Labute approximate surface area is 104 Å². The van der Waals surface area contributed by atoms with Gasteiger partial charge in [0.05, 0.1) is 15.0 Å². The van der Waals surface area contributed by atoms with Crippen molar-refractivity contribution in [3.8, 4) is 0 Å². The van der Waals surface area contributed by atoms with E-state index in [-0.39, 0.29) is 5.69 Å². The van der Waals surface area contributed by atoms with Crippen LogP contribution in [0.4, 0.5) is 5.69 Å². The van der Waals surface area contributed by atoms with Gasteiger partial charge in [0.1, 0.15) is 17.0 Å². The summed E-state index contributed by atoms with van der Waals surface area (Å²) in [7, 11) is 0. The van der Waals surface area contributed by atoms with Gasteiger partial charge in [-0.2, -0.15) is 0 Å². The number of non-ortho nitro benzene ring substituents is 1. The lowest BCUT2D eigenvalue weighted by Crippen LogP contribution is -1.88. The van der Waals surface area contributed by atoms with Gasteiger partial charge in [-0.15, -0.1) is 11.3 Å². The van der Waals surface area contributed by atoms with Crippen molar-refractivity contribution in [3.05, 3.63) is 39.8 Å². The van der Waals surface area contributed by atoms with Crippen molar-refractivity contribution in [2.24, 2.45) is 0 Å². The van der Waals surface area contributed by atoms with Crippen LogP contribution in [0.5, 0.6) is 0 Å². The number of fused-ring (bicyclic) bond motifs is 3. The SMILES string of the molecule is O=[N+]([O-])c1cccc2sc3c(Cl)ncnc3c12. The second-order valence-corrected chi connectivity index (χ2v) is 4.76. The molecule has 3 aromatic rings. The molecule has 0 aliphatic rings. The number of benzene rings is 1. The van der Waals surface area contributed by atoms with Crippen molar-refractivity contribution in [2.45, 2.75) is 0 Å². The standard InChI is InChI=1S/C10H4ClN3O2S/c11-10-9-8(12-4-13-10)7-5(14(15)16)2-1-3-6(7)17-9/h1-4H. The van der Waals surface area contributed by atoms with Gasteiger partial charge in [0.15, 0.2) is 0 Å². The lowest BCUT2D eigenvalue weighted by atomic mass is 10.2. The van der Waals surface area contributed by atoms with Crippen LogP contribution in [0.3, 0.4) is 0 Å². The lowest BCUT2D eigenvalue weighted by molar-refractivity contribution is -0.383. The molecule has 0 unspecified atom stereocenters. The predicted molar refractivity (Wildman–Crippen MR) is 66.6 cm³/mol. The fraction of sp³-hybridized carbons (Fsp3) is 0. The molecule has 17 heavy (non-hydrogen) atoms. The van der Waals surface area contributed by atoms with Gasteiger partial charge in [0.2, 0.25) is 0 Å². The highest BCUT2D eigenvalue weighted by Gasteiger charge is 2.19. The smallest absolute Gasteiger partial charge is 0.258 e. The third-order valence-corrected chi connectivity index (χ3v) is 3.96. The van der Waals surface area contributed by atoms with Crippen LogP contribution in [0.2, 0.25) is 5.15 Å². The summed E-state index contributed by atoms with van der Waals surface area (Å²) >= 11 is 7.31. The molecule has 1 aromatic carbocycles. The largest absolute Gasteiger partial charge is 0.280 e. The highest BCUT2D eigenvalue weighted by atomic mass is 35.5. The van der Waals surface area contributed by atoms with Gasteiger partial charge in [0.25, 0.3) is 5.69 Å². The van der Waals surface area contributed by atoms with E-state index in [2.05, 4.69) is 9.97 Å². The zero-order valence-corrected chi connectivity index (χ0v) is 9.83. The summed E-state index contributed by atoms with van der Waals surface area (Å²) in [6, 6.07) is 4.92. The van der Waals surface area contributed by atoms with Crippen LogP contribution in [0.15, 0.2) is 24.5 Å². The van der Waals surface area contributed by atoms with Crippen molar-refractivity contribution in [2.75, 3.05) is 0 Å². The molecule has 0 N–H and O–H groups in total. The minimum atomic E-state index is -0.412. The molecule has 3 rings (SSSR count). The first kappa shape index (κ1) is 10.4. The zero-order valence-electron chi connectivity index (χ0n) is 8.25. The number of rotatable bonds is 1. The maximum atomic E-state index is 11.0. The second-order valence-electron chi connectivity index (χ2n) is 3.35. The molecule has 7 heteroatoms. The highest BCUT2D eigenvalue weighted by Crippen LogP contribution is 2.39. The molecular weight excluding hydrogens is 262 g/mol. The van der Waals surface area contributed by atoms with Crippen molar-refractivity contribution in [1.29, 1.82) is 0 Å². The highest BCUT2D eigenvalue weighted by molar-refractivity contribution is 7.26. The minimum absolute atomic E-state index is 0.0449. The first-order chi connectivity index (χ1) is 8.18. The Balaban J connectivity index is 2.59. The van der Waals surface area contributed by atoms with Gasteiger partial charge in [-0.3, -0.25) is 10.1 Å². The Bertz CT molecular complexity index is 756. The number of nitrogens with zero attached hydrogens (tertiary/aromatic N) is 3. The molecule has 2 aromatic heterocycles. The molecule has 0 atom stereocenters. The van der Waals surface area contributed by atoms with Crippen molar-refractivity contribution >= 4 is 48.9 Å². The summed E-state index contributed by atoms with van der Waals surface area (Å²) in [6.45, 7) is 0. The Hall–Kier alpha value is -1.79. The van der Waals surface area contributed by atoms with Crippen molar-refractivity contribution < 1.29 is 4.92 Å². The van der Waals surface area contributed by atoms with Crippen LogP contribution < -0.4 is 0 Å². The Morgan fingerprint density at radius 1 is 1.35 bits per heavy atom. The Kier molecular flexibility index (Phi) is 2.20. The topological polar surface area (TPSA) is 68.9 Å². The predicted octanol–water partition coefficient (Wildman–Crippen LogP) is 3.41. The van der Waals surface area contributed by atoms with Crippen LogP contribution >= 0.6 is 22.9 Å². The first-order valence-electron chi connectivity index (χ1n) is 4.64. The van der Waals surface area contributed by atoms with Crippen LogP contribution in [0, 0.1) is 10.1 Å². The summed E-state index contributed by atoms with van der Waals surface area (Å²) in [5, 5.41) is 11.8. The zero-order chi connectivity index (χ0) is 12.0. The molecule has 0 aliphatic heterocycles. The van der Waals surface area contributed by atoms with E-state index >= 15 is 0 Å². The van der Waals surface area contributed by atoms with Crippen molar-refractivity contribution in [3.63, 3.8) is 0 Å². The maximum absolute atomic E-state index is 11.0. The molecule has 0 saturated carbocycles. The molecule has 84 valence electrons. The number of hydrogen-bond donors (Lipinski definition) is 0. The average molecular weight is 266 g/mol. The van der Waals surface area contributed by atoms with Gasteiger partial charge in [-0.1, -0.05) is 17.7 Å². The Morgan fingerprint density at radius 3 is 2.94 bits per heavy atom. The van der Waals surface area contributed by atoms with Crippen LogP contribution in [0.1, 0.15) is 0 Å². The number of aromatic nitrogens is 2. The van der Waals surface area contributed by atoms with E-state index in [1.165, 1.54) is 23.7 Å². The molecular formula is C10H4ClN3O2S. The summed E-state index contributed by atoms with van der Waals surface area (Å²) in [5.74, 6) is 0. The van der Waals surface area contributed by atoms with E-state index < -0.39 is 4.92 Å². The second kappa shape index (κ2) is 3.61. The van der Waals surface area contributed by atoms with Crippen LogP contribution in [0.25, 0.3) is 20.3 Å². The van der Waals surface area contributed by atoms with E-state index in [0.717, 1.165) is 4.70 Å². The minimum Gasteiger partial charge on any atom is -0.258 e. The molecule has 0 radical (unpaired) electrons. The summed E-state index contributed by atoms with van der Waals surface area (Å²) < 4.78 is 1.47.